The van der Waals surface area contributed by atoms with E-state index in [0.29, 0.717) is 24.5 Å². The summed E-state index contributed by atoms with van der Waals surface area (Å²) in [5, 5.41) is 5.72. The van der Waals surface area contributed by atoms with Crippen LogP contribution in [0.5, 0.6) is 0 Å². The van der Waals surface area contributed by atoms with Gasteiger partial charge in [-0.3, -0.25) is 9.59 Å². The summed E-state index contributed by atoms with van der Waals surface area (Å²) in [5.41, 5.74) is 6.95. The third kappa shape index (κ3) is 5.32. The van der Waals surface area contributed by atoms with E-state index < -0.39 is 6.04 Å². The summed E-state index contributed by atoms with van der Waals surface area (Å²) in [6.07, 6.45) is 1.61. The van der Waals surface area contributed by atoms with Gasteiger partial charge in [-0.2, -0.15) is 0 Å². The van der Waals surface area contributed by atoms with E-state index in [2.05, 4.69) is 10.6 Å². The van der Waals surface area contributed by atoms with E-state index in [9.17, 15) is 9.59 Å². The van der Waals surface area contributed by atoms with E-state index in [4.69, 9.17) is 10.5 Å². The summed E-state index contributed by atoms with van der Waals surface area (Å²) >= 11 is 0. The summed E-state index contributed by atoms with van der Waals surface area (Å²) < 4.78 is 5.29. The van der Waals surface area contributed by atoms with E-state index in [0.717, 1.165) is 12.8 Å². The maximum atomic E-state index is 12.3. The van der Waals surface area contributed by atoms with E-state index in [1.165, 1.54) is 0 Å². The lowest BCUT2D eigenvalue weighted by molar-refractivity contribution is -0.119. The molecule has 6 heteroatoms. The van der Waals surface area contributed by atoms with Crippen LogP contribution in [0.4, 0.5) is 5.69 Å². The Hall–Kier alpha value is -1.92. The Balaban J connectivity index is 1.93. The number of nitrogens with two attached hydrogens (primary N) is 1. The van der Waals surface area contributed by atoms with Crippen LogP contribution in [0.3, 0.4) is 0 Å². The lowest BCUT2D eigenvalue weighted by Gasteiger charge is -2.26. The number of ether oxygens (including phenoxy) is 1. The summed E-state index contributed by atoms with van der Waals surface area (Å²) in [4.78, 5) is 24.3. The lowest BCUT2D eigenvalue weighted by atomic mass is 9.92. The van der Waals surface area contributed by atoms with Gasteiger partial charge < -0.3 is 21.1 Å². The molecule has 0 aromatic heterocycles. The molecular weight excluding hydrogens is 306 g/mol. The Labute approximate surface area is 143 Å². The van der Waals surface area contributed by atoms with E-state index >= 15 is 0 Å². The lowest BCUT2D eigenvalue weighted by Crippen LogP contribution is -2.44. The summed E-state index contributed by atoms with van der Waals surface area (Å²) in [6.45, 7) is 7.10. The van der Waals surface area contributed by atoms with Crippen molar-refractivity contribution in [2.75, 3.05) is 18.5 Å². The minimum absolute atomic E-state index is 0.140. The molecule has 2 amide bonds. The number of nitrogens with one attached hydrogen (secondary N) is 2. The predicted octanol–water partition coefficient (Wildman–Crippen LogP) is 1.91. The highest BCUT2D eigenvalue weighted by Gasteiger charge is 2.26. The standard InChI is InChI=1S/C18H27N3O3/c1-18(2,3)21-16(22)13-4-6-14(7-5-13)20-17(23)15(19)12-8-10-24-11-9-12/h4-7,12,15H,8-11,19H2,1-3H3,(H,20,23)(H,21,22). The third-order valence-electron chi connectivity index (χ3n) is 3.98. The molecule has 1 aliphatic rings. The van der Waals surface area contributed by atoms with Gasteiger partial charge in [-0.05, 0) is 63.8 Å². The Bertz CT molecular complexity index is 572. The van der Waals surface area contributed by atoms with Crippen molar-refractivity contribution in [3.63, 3.8) is 0 Å². The molecule has 2 rings (SSSR count). The average Bonchev–Trinajstić information content (AvgIpc) is 2.54. The molecule has 1 aromatic rings. The molecule has 1 fully saturated rings. The summed E-state index contributed by atoms with van der Waals surface area (Å²) in [6, 6.07) is 6.27. The van der Waals surface area contributed by atoms with Crippen molar-refractivity contribution in [3.8, 4) is 0 Å². The Morgan fingerprint density at radius 2 is 1.75 bits per heavy atom. The molecule has 0 radical (unpaired) electrons. The minimum Gasteiger partial charge on any atom is -0.381 e. The first-order chi connectivity index (χ1) is 11.3. The fourth-order valence-electron chi connectivity index (χ4n) is 2.63. The van der Waals surface area contributed by atoms with Crippen LogP contribution in [-0.2, 0) is 9.53 Å². The van der Waals surface area contributed by atoms with Gasteiger partial charge in [0.25, 0.3) is 5.91 Å². The van der Waals surface area contributed by atoms with Crippen LogP contribution >= 0.6 is 0 Å². The summed E-state index contributed by atoms with van der Waals surface area (Å²) in [5.74, 6) is -0.191. The number of hydrogen-bond acceptors (Lipinski definition) is 4. The molecule has 132 valence electrons. The van der Waals surface area contributed by atoms with Crippen LogP contribution in [0.25, 0.3) is 0 Å². The Morgan fingerprint density at radius 3 is 2.29 bits per heavy atom. The van der Waals surface area contributed by atoms with Gasteiger partial charge in [0.2, 0.25) is 5.91 Å². The quantitative estimate of drug-likeness (QED) is 0.784. The van der Waals surface area contributed by atoms with Crippen molar-refractivity contribution in [2.24, 2.45) is 11.7 Å². The van der Waals surface area contributed by atoms with Crippen molar-refractivity contribution >= 4 is 17.5 Å². The molecule has 0 bridgehead atoms. The van der Waals surface area contributed by atoms with Crippen molar-refractivity contribution in [3.05, 3.63) is 29.8 Å². The van der Waals surface area contributed by atoms with Crippen molar-refractivity contribution < 1.29 is 14.3 Å². The Morgan fingerprint density at radius 1 is 1.17 bits per heavy atom. The van der Waals surface area contributed by atoms with Gasteiger partial charge in [-0.15, -0.1) is 0 Å². The normalized spacial score (nSPS) is 17.2. The minimum atomic E-state index is -0.544. The van der Waals surface area contributed by atoms with E-state index in [-0.39, 0.29) is 23.3 Å². The number of hydrogen-bond donors (Lipinski definition) is 3. The molecule has 6 nitrogen and oxygen atoms in total. The van der Waals surface area contributed by atoms with Crippen molar-refractivity contribution in [1.29, 1.82) is 0 Å². The monoisotopic (exact) mass is 333 g/mol. The number of anilines is 1. The van der Waals surface area contributed by atoms with Crippen LogP contribution < -0.4 is 16.4 Å². The molecule has 1 aliphatic heterocycles. The van der Waals surface area contributed by atoms with Crippen molar-refractivity contribution in [1.82, 2.24) is 5.32 Å². The number of carbonyl (C=O) groups is 2. The van der Waals surface area contributed by atoms with Gasteiger partial charge in [0.1, 0.15) is 0 Å². The zero-order valence-electron chi connectivity index (χ0n) is 14.6. The first-order valence-corrected chi connectivity index (χ1v) is 8.33. The molecule has 0 saturated carbocycles. The zero-order chi connectivity index (χ0) is 17.7. The molecule has 1 aromatic carbocycles. The fourth-order valence-corrected chi connectivity index (χ4v) is 2.63. The second-order valence-corrected chi connectivity index (χ2v) is 7.25. The average molecular weight is 333 g/mol. The van der Waals surface area contributed by atoms with Gasteiger partial charge in [-0.1, -0.05) is 0 Å². The molecule has 1 unspecified atom stereocenters. The largest absolute Gasteiger partial charge is 0.381 e. The smallest absolute Gasteiger partial charge is 0.251 e. The fraction of sp³-hybridized carbons (Fsp3) is 0.556. The Kier molecular flexibility index (Phi) is 5.96. The van der Waals surface area contributed by atoms with Crippen LogP contribution in [0.1, 0.15) is 44.0 Å². The highest BCUT2D eigenvalue weighted by Crippen LogP contribution is 2.19. The van der Waals surface area contributed by atoms with Crippen LogP contribution in [-0.4, -0.2) is 36.6 Å². The molecule has 1 saturated heterocycles. The van der Waals surface area contributed by atoms with Crippen molar-refractivity contribution in [2.45, 2.75) is 45.2 Å². The first-order valence-electron chi connectivity index (χ1n) is 8.33. The van der Waals surface area contributed by atoms with E-state index in [1.54, 1.807) is 24.3 Å². The highest BCUT2D eigenvalue weighted by molar-refractivity contribution is 5.97. The molecular formula is C18H27N3O3. The molecule has 1 atom stereocenters. The molecule has 0 aliphatic carbocycles. The topological polar surface area (TPSA) is 93.5 Å². The molecule has 0 spiro atoms. The van der Waals surface area contributed by atoms with Gasteiger partial charge in [0.15, 0.2) is 0 Å². The number of amides is 2. The maximum absolute atomic E-state index is 12.3. The van der Waals surface area contributed by atoms with Gasteiger partial charge in [0, 0.05) is 30.0 Å². The van der Waals surface area contributed by atoms with Gasteiger partial charge in [-0.25, -0.2) is 0 Å². The molecule has 4 N–H and O–H groups in total. The first kappa shape index (κ1) is 18.4. The zero-order valence-corrected chi connectivity index (χ0v) is 14.6. The van der Waals surface area contributed by atoms with Gasteiger partial charge >= 0.3 is 0 Å². The van der Waals surface area contributed by atoms with Crippen LogP contribution in [0.2, 0.25) is 0 Å². The number of benzene rings is 1. The van der Waals surface area contributed by atoms with Gasteiger partial charge in [0.05, 0.1) is 6.04 Å². The number of carbonyl (C=O) groups excluding carboxylic acids is 2. The molecule has 1 heterocycles. The van der Waals surface area contributed by atoms with Crippen LogP contribution in [0.15, 0.2) is 24.3 Å². The third-order valence-corrected chi connectivity index (χ3v) is 3.98. The molecule has 24 heavy (non-hydrogen) atoms. The van der Waals surface area contributed by atoms with Crippen LogP contribution in [0, 0.1) is 5.92 Å². The van der Waals surface area contributed by atoms with E-state index in [1.807, 2.05) is 20.8 Å². The second-order valence-electron chi connectivity index (χ2n) is 7.25. The summed E-state index contributed by atoms with van der Waals surface area (Å²) in [7, 11) is 0. The highest BCUT2D eigenvalue weighted by atomic mass is 16.5. The number of rotatable bonds is 4. The second kappa shape index (κ2) is 7.77. The maximum Gasteiger partial charge on any atom is 0.251 e. The SMILES string of the molecule is CC(C)(C)NC(=O)c1ccc(NC(=O)C(N)C2CCOCC2)cc1. The predicted molar refractivity (Wildman–Crippen MR) is 93.8 cm³/mol.